The molecule has 1 saturated heterocycles. The highest BCUT2D eigenvalue weighted by Crippen LogP contribution is 2.34. The van der Waals surface area contributed by atoms with Crippen LogP contribution in [0.4, 0.5) is 5.69 Å². The number of hydrogen-bond donors (Lipinski definition) is 1. The Kier molecular flexibility index (Phi) is 4.20. The van der Waals surface area contributed by atoms with Gasteiger partial charge in [-0.2, -0.15) is 0 Å². The van der Waals surface area contributed by atoms with Crippen LogP contribution >= 0.6 is 0 Å². The van der Waals surface area contributed by atoms with Gasteiger partial charge in [0, 0.05) is 32.1 Å². The van der Waals surface area contributed by atoms with Crippen LogP contribution in [0, 0.1) is 0 Å². The summed E-state index contributed by atoms with van der Waals surface area (Å²) in [6.45, 7) is 8.72. The molecule has 4 nitrogen and oxygen atoms in total. The molecule has 0 atom stereocenters. The summed E-state index contributed by atoms with van der Waals surface area (Å²) >= 11 is 0. The number of hydrogen-bond acceptors (Lipinski definition) is 4. The van der Waals surface area contributed by atoms with E-state index in [4.69, 9.17) is 9.97 Å². The molecule has 0 aromatic carbocycles. The zero-order valence-electron chi connectivity index (χ0n) is 12.7. The van der Waals surface area contributed by atoms with Crippen molar-refractivity contribution in [3.05, 3.63) is 17.7 Å². The predicted octanol–water partition coefficient (Wildman–Crippen LogP) is 2.67. The molecule has 1 aromatic rings. The molecular weight excluding hydrogens is 248 g/mol. The Balaban J connectivity index is 1.89. The zero-order chi connectivity index (χ0) is 13.9. The van der Waals surface area contributed by atoms with Crippen molar-refractivity contribution in [2.45, 2.75) is 51.4 Å². The van der Waals surface area contributed by atoms with Crippen LogP contribution in [-0.2, 0) is 0 Å². The Hall–Kier alpha value is -1.16. The van der Waals surface area contributed by atoms with E-state index in [-0.39, 0.29) is 0 Å². The van der Waals surface area contributed by atoms with Gasteiger partial charge in [0.15, 0.2) is 0 Å². The van der Waals surface area contributed by atoms with Crippen molar-refractivity contribution < 1.29 is 0 Å². The number of piperazine rings is 1. The van der Waals surface area contributed by atoms with Gasteiger partial charge in [-0.3, -0.25) is 0 Å². The molecule has 0 spiro atoms. The first-order chi connectivity index (χ1) is 9.75. The van der Waals surface area contributed by atoms with E-state index < -0.39 is 0 Å². The molecule has 3 rings (SSSR count). The second-order valence-corrected chi connectivity index (χ2v) is 6.37. The average Bonchev–Trinajstić information content (AvgIpc) is 3.02. The lowest BCUT2D eigenvalue weighted by Crippen LogP contribution is -2.44. The number of rotatable bonds is 3. The molecule has 1 aliphatic heterocycles. The van der Waals surface area contributed by atoms with Crippen molar-refractivity contribution in [2.75, 3.05) is 31.1 Å². The maximum Gasteiger partial charge on any atom is 0.131 e. The van der Waals surface area contributed by atoms with Crippen molar-refractivity contribution in [3.8, 4) is 0 Å². The molecule has 4 heteroatoms. The van der Waals surface area contributed by atoms with Gasteiger partial charge in [0.25, 0.3) is 0 Å². The summed E-state index contributed by atoms with van der Waals surface area (Å²) in [4.78, 5) is 12.1. The van der Waals surface area contributed by atoms with E-state index in [1.54, 1.807) is 0 Å². The van der Waals surface area contributed by atoms with Crippen molar-refractivity contribution in [3.63, 3.8) is 0 Å². The summed E-state index contributed by atoms with van der Waals surface area (Å²) in [7, 11) is 0. The Morgan fingerprint density at radius 1 is 1.20 bits per heavy atom. The smallest absolute Gasteiger partial charge is 0.131 e. The van der Waals surface area contributed by atoms with Gasteiger partial charge >= 0.3 is 0 Å². The topological polar surface area (TPSA) is 41.1 Å². The highest BCUT2D eigenvalue weighted by atomic mass is 15.2. The summed E-state index contributed by atoms with van der Waals surface area (Å²) in [5.41, 5.74) is 2.49. The van der Waals surface area contributed by atoms with Crippen molar-refractivity contribution in [2.24, 2.45) is 0 Å². The Morgan fingerprint density at radius 2 is 1.90 bits per heavy atom. The summed E-state index contributed by atoms with van der Waals surface area (Å²) < 4.78 is 0. The lowest BCUT2D eigenvalue weighted by molar-refractivity contribution is 0.580. The van der Waals surface area contributed by atoms with Gasteiger partial charge in [0.05, 0.1) is 17.6 Å². The Labute approximate surface area is 122 Å². The van der Waals surface area contributed by atoms with Crippen LogP contribution < -0.4 is 10.2 Å². The summed E-state index contributed by atoms with van der Waals surface area (Å²) in [6.07, 6.45) is 7.30. The summed E-state index contributed by atoms with van der Waals surface area (Å²) in [5.74, 6) is 2.15. The minimum atomic E-state index is 0.461. The van der Waals surface area contributed by atoms with Gasteiger partial charge in [0.1, 0.15) is 5.82 Å². The Morgan fingerprint density at radius 3 is 2.55 bits per heavy atom. The molecule has 0 unspecified atom stereocenters. The molecular formula is C16H26N4. The van der Waals surface area contributed by atoms with E-state index in [9.17, 15) is 0 Å². The normalized spacial score (nSPS) is 20.9. The average molecular weight is 274 g/mol. The largest absolute Gasteiger partial charge is 0.366 e. The summed E-state index contributed by atoms with van der Waals surface area (Å²) in [5, 5.41) is 3.41. The molecule has 0 radical (unpaired) electrons. The third-order valence-electron chi connectivity index (χ3n) is 4.54. The van der Waals surface area contributed by atoms with E-state index in [1.165, 1.54) is 37.1 Å². The molecule has 110 valence electrons. The number of anilines is 1. The Bertz CT molecular complexity index is 446. The van der Waals surface area contributed by atoms with Crippen molar-refractivity contribution in [1.82, 2.24) is 15.3 Å². The second-order valence-electron chi connectivity index (χ2n) is 6.37. The molecule has 2 heterocycles. The van der Waals surface area contributed by atoms with Crippen molar-refractivity contribution in [1.29, 1.82) is 0 Å². The van der Waals surface area contributed by atoms with Gasteiger partial charge < -0.3 is 10.2 Å². The second kappa shape index (κ2) is 6.08. The first-order valence-electron chi connectivity index (χ1n) is 8.08. The first-order valence-corrected chi connectivity index (χ1v) is 8.08. The zero-order valence-corrected chi connectivity index (χ0v) is 12.7. The van der Waals surface area contributed by atoms with E-state index in [0.717, 1.165) is 32.0 Å². The van der Waals surface area contributed by atoms with Crippen LogP contribution in [0.2, 0.25) is 0 Å². The highest BCUT2D eigenvalue weighted by Gasteiger charge is 2.23. The fraction of sp³-hybridized carbons (Fsp3) is 0.750. The van der Waals surface area contributed by atoms with Crippen LogP contribution in [0.3, 0.4) is 0 Å². The predicted molar refractivity (Wildman–Crippen MR) is 82.4 cm³/mol. The van der Waals surface area contributed by atoms with Gasteiger partial charge in [-0.05, 0) is 18.8 Å². The van der Waals surface area contributed by atoms with Crippen LogP contribution in [0.5, 0.6) is 0 Å². The molecule has 1 aromatic heterocycles. The molecule has 2 aliphatic rings. The SMILES string of the molecule is CC(C)c1nc(C2CCCC2)ncc1N1CCNCC1. The van der Waals surface area contributed by atoms with E-state index >= 15 is 0 Å². The molecule has 1 aliphatic carbocycles. The third kappa shape index (κ3) is 2.80. The molecule has 0 amide bonds. The van der Waals surface area contributed by atoms with Crippen LogP contribution in [0.1, 0.15) is 62.9 Å². The van der Waals surface area contributed by atoms with Crippen molar-refractivity contribution >= 4 is 5.69 Å². The fourth-order valence-electron chi connectivity index (χ4n) is 3.36. The monoisotopic (exact) mass is 274 g/mol. The minimum absolute atomic E-state index is 0.461. The van der Waals surface area contributed by atoms with Gasteiger partial charge in [0.2, 0.25) is 0 Å². The molecule has 20 heavy (non-hydrogen) atoms. The number of aromatic nitrogens is 2. The molecule has 1 N–H and O–H groups in total. The lowest BCUT2D eigenvalue weighted by atomic mass is 10.0. The lowest BCUT2D eigenvalue weighted by Gasteiger charge is -2.31. The quantitative estimate of drug-likeness (QED) is 0.920. The maximum atomic E-state index is 4.96. The first kappa shape index (κ1) is 13.8. The van der Waals surface area contributed by atoms with Gasteiger partial charge in [-0.25, -0.2) is 9.97 Å². The maximum absolute atomic E-state index is 4.96. The van der Waals surface area contributed by atoms with Gasteiger partial charge in [-0.1, -0.05) is 26.7 Å². The molecule has 0 bridgehead atoms. The molecule has 2 fully saturated rings. The number of nitrogens with one attached hydrogen (secondary N) is 1. The summed E-state index contributed by atoms with van der Waals surface area (Å²) in [6, 6.07) is 0. The molecule has 1 saturated carbocycles. The van der Waals surface area contributed by atoms with Crippen LogP contribution in [0.25, 0.3) is 0 Å². The minimum Gasteiger partial charge on any atom is -0.366 e. The highest BCUT2D eigenvalue weighted by molar-refractivity contribution is 5.51. The van der Waals surface area contributed by atoms with Gasteiger partial charge in [-0.15, -0.1) is 0 Å². The number of nitrogens with zero attached hydrogens (tertiary/aromatic N) is 3. The van der Waals surface area contributed by atoms with E-state index in [1.807, 2.05) is 0 Å². The van der Waals surface area contributed by atoms with Crippen LogP contribution in [-0.4, -0.2) is 36.1 Å². The fourth-order valence-corrected chi connectivity index (χ4v) is 3.36. The standard InChI is InChI=1S/C16H26N4/c1-12(2)15-14(20-9-7-17-8-10-20)11-18-16(19-15)13-5-3-4-6-13/h11-13,17H,3-10H2,1-2H3. The van der Waals surface area contributed by atoms with E-state index in [2.05, 4.69) is 30.3 Å². The third-order valence-corrected chi connectivity index (χ3v) is 4.54. The van der Waals surface area contributed by atoms with E-state index in [0.29, 0.717) is 11.8 Å². The van der Waals surface area contributed by atoms with Crippen LogP contribution in [0.15, 0.2) is 6.20 Å².